The second kappa shape index (κ2) is 2.96. The Morgan fingerprint density at radius 1 is 1.64 bits per heavy atom. The van der Waals surface area contributed by atoms with E-state index in [0.717, 1.165) is 31.9 Å². The highest BCUT2D eigenvalue weighted by Gasteiger charge is 2.17. The topological polar surface area (TPSA) is 63.7 Å². The van der Waals surface area contributed by atoms with Gasteiger partial charge in [-0.3, -0.25) is 0 Å². The van der Waals surface area contributed by atoms with E-state index in [1.165, 1.54) is 0 Å². The van der Waals surface area contributed by atoms with Crippen LogP contribution in [0.5, 0.6) is 0 Å². The minimum absolute atomic E-state index is 0.590. The first-order chi connectivity index (χ1) is 5.45. The van der Waals surface area contributed by atoms with Crippen molar-refractivity contribution in [3.05, 3.63) is 5.82 Å². The molecule has 0 saturated carbocycles. The predicted octanol–water partition coefficient (Wildman–Crippen LogP) is -0.221. The standard InChI is InChI=1S/C6H10N4O/c1-2-11-4-5(1)3-6-7-9-10-8-6/h5H,1-4H2,(H,7,8,9,10). The van der Waals surface area contributed by atoms with Crippen LogP contribution >= 0.6 is 0 Å². The Kier molecular flexibility index (Phi) is 1.81. The Labute approximate surface area is 64.1 Å². The number of hydrogen-bond acceptors (Lipinski definition) is 4. The molecule has 1 N–H and O–H groups in total. The fourth-order valence-electron chi connectivity index (χ4n) is 1.27. The average Bonchev–Trinajstić information content (AvgIpc) is 2.60. The smallest absolute Gasteiger partial charge is 0.174 e. The molecule has 11 heavy (non-hydrogen) atoms. The van der Waals surface area contributed by atoms with Crippen molar-refractivity contribution in [2.75, 3.05) is 13.2 Å². The summed E-state index contributed by atoms with van der Waals surface area (Å²) in [6, 6.07) is 0. The van der Waals surface area contributed by atoms with E-state index < -0.39 is 0 Å². The van der Waals surface area contributed by atoms with Gasteiger partial charge in [0.1, 0.15) is 0 Å². The van der Waals surface area contributed by atoms with Crippen molar-refractivity contribution < 1.29 is 4.74 Å². The molecular formula is C6H10N4O. The van der Waals surface area contributed by atoms with Gasteiger partial charge in [0, 0.05) is 19.6 Å². The Morgan fingerprint density at radius 3 is 3.27 bits per heavy atom. The summed E-state index contributed by atoms with van der Waals surface area (Å²) < 4.78 is 5.22. The van der Waals surface area contributed by atoms with Gasteiger partial charge in [0.05, 0.1) is 0 Å². The van der Waals surface area contributed by atoms with Crippen LogP contribution in [-0.2, 0) is 11.2 Å². The number of tetrazole rings is 1. The quantitative estimate of drug-likeness (QED) is 0.639. The van der Waals surface area contributed by atoms with Gasteiger partial charge in [-0.05, 0) is 12.3 Å². The fraction of sp³-hybridized carbons (Fsp3) is 0.833. The molecule has 1 unspecified atom stereocenters. The first-order valence-electron chi connectivity index (χ1n) is 3.75. The summed E-state index contributed by atoms with van der Waals surface area (Å²) in [6.45, 7) is 1.72. The van der Waals surface area contributed by atoms with E-state index in [2.05, 4.69) is 20.6 Å². The average molecular weight is 154 g/mol. The summed E-state index contributed by atoms with van der Waals surface area (Å²) in [5.74, 6) is 1.38. The third-order valence-corrected chi connectivity index (χ3v) is 1.88. The molecule has 1 aromatic rings. The second-order valence-electron chi connectivity index (χ2n) is 2.76. The van der Waals surface area contributed by atoms with Gasteiger partial charge in [-0.15, -0.1) is 10.2 Å². The third-order valence-electron chi connectivity index (χ3n) is 1.88. The summed E-state index contributed by atoms with van der Waals surface area (Å²) in [4.78, 5) is 0. The molecule has 1 aromatic heterocycles. The molecule has 1 fully saturated rings. The first kappa shape index (κ1) is 6.72. The zero-order valence-electron chi connectivity index (χ0n) is 6.16. The van der Waals surface area contributed by atoms with Crippen molar-refractivity contribution in [1.29, 1.82) is 0 Å². The van der Waals surface area contributed by atoms with Crippen molar-refractivity contribution in [1.82, 2.24) is 20.6 Å². The van der Waals surface area contributed by atoms with Crippen LogP contribution in [-0.4, -0.2) is 33.8 Å². The molecule has 1 atom stereocenters. The number of aromatic amines is 1. The normalized spacial score (nSPS) is 24.2. The van der Waals surface area contributed by atoms with Crippen molar-refractivity contribution in [2.24, 2.45) is 5.92 Å². The van der Waals surface area contributed by atoms with Gasteiger partial charge in [-0.2, -0.15) is 5.21 Å². The Balaban J connectivity index is 1.90. The molecule has 0 bridgehead atoms. The highest BCUT2D eigenvalue weighted by atomic mass is 16.5. The Hall–Kier alpha value is -0.970. The molecule has 1 saturated heterocycles. The third kappa shape index (κ3) is 1.54. The number of ether oxygens (including phenoxy) is 1. The molecule has 5 nitrogen and oxygen atoms in total. The van der Waals surface area contributed by atoms with Crippen LogP contribution in [0.4, 0.5) is 0 Å². The Bertz CT molecular complexity index is 204. The molecule has 2 heterocycles. The summed E-state index contributed by atoms with van der Waals surface area (Å²) in [6.07, 6.45) is 2.00. The molecule has 0 aliphatic carbocycles. The maximum atomic E-state index is 5.22. The van der Waals surface area contributed by atoms with E-state index in [1.54, 1.807) is 0 Å². The maximum Gasteiger partial charge on any atom is 0.174 e. The summed E-state index contributed by atoms with van der Waals surface area (Å²) in [5.41, 5.74) is 0. The maximum absolute atomic E-state index is 5.22. The molecule has 2 rings (SSSR count). The minimum atomic E-state index is 0.590. The van der Waals surface area contributed by atoms with Gasteiger partial charge in [0.15, 0.2) is 5.82 Å². The number of nitrogens with zero attached hydrogens (tertiary/aromatic N) is 3. The zero-order chi connectivity index (χ0) is 7.52. The van der Waals surface area contributed by atoms with Crippen molar-refractivity contribution in [3.63, 3.8) is 0 Å². The van der Waals surface area contributed by atoms with Gasteiger partial charge >= 0.3 is 0 Å². The second-order valence-corrected chi connectivity index (χ2v) is 2.76. The monoisotopic (exact) mass is 154 g/mol. The lowest BCUT2D eigenvalue weighted by Gasteiger charge is -2.00. The molecule has 1 aliphatic rings. The highest BCUT2D eigenvalue weighted by molar-refractivity contribution is 4.81. The molecular weight excluding hydrogens is 144 g/mol. The number of hydrogen-bond donors (Lipinski definition) is 1. The summed E-state index contributed by atoms with van der Waals surface area (Å²) >= 11 is 0. The van der Waals surface area contributed by atoms with E-state index in [1.807, 2.05) is 0 Å². The molecule has 5 heteroatoms. The van der Waals surface area contributed by atoms with Crippen molar-refractivity contribution in [2.45, 2.75) is 12.8 Å². The predicted molar refractivity (Wildman–Crippen MR) is 36.8 cm³/mol. The molecule has 0 radical (unpaired) electrons. The SMILES string of the molecule is C1CC(Cc2nn[nH]n2)CO1. The lowest BCUT2D eigenvalue weighted by atomic mass is 10.1. The van der Waals surface area contributed by atoms with Crippen LogP contribution < -0.4 is 0 Å². The van der Waals surface area contributed by atoms with E-state index >= 15 is 0 Å². The van der Waals surface area contributed by atoms with E-state index in [-0.39, 0.29) is 0 Å². The number of nitrogens with one attached hydrogen (secondary N) is 1. The number of H-pyrrole nitrogens is 1. The first-order valence-corrected chi connectivity index (χ1v) is 3.75. The lowest BCUT2D eigenvalue weighted by molar-refractivity contribution is 0.185. The van der Waals surface area contributed by atoms with Crippen LogP contribution in [0, 0.1) is 5.92 Å². The highest BCUT2D eigenvalue weighted by Crippen LogP contribution is 2.15. The largest absolute Gasteiger partial charge is 0.381 e. The molecule has 60 valence electrons. The molecule has 1 aliphatic heterocycles. The van der Waals surface area contributed by atoms with Crippen molar-refractivity contribution >= 4 is 0 Å². The minimum Gasteiger partial charge on any atom is -0.381 e. The molecule has 0 amide bonds. The van der Waals surface area contributed by atoms with E-state index in [4.69, 9.17) is 4.74 Å². The van der Waals surface area contributed by atoms with Crippen LogP contribution in [0.2, 0.25) is 0 Å². The van der Waals surface area contributed by atoms with Gasteiger partial charge in [0.25, 0.3) is 0 Å². The lowest BCUT2D eigenvalue weighted by Crippen LogP contribution is -2.04. The van der Waals surface area contributed by atoms with Crippen molar-refractivity contribution in [3.8, 4) is 0 Å². The van der Waals surface area contributed by atoms with Crippen LogP contribution in [0.15, 0.2) is 0 Å². The van der Waals surface area contributed by atoms with Gasteiger partial charge in [0.2, 0.25) is 0 Å². The number of aromatic nitrogens is 4. The van der Waals surface area contributed by atoms with Gasteiger partial charge < -0.3 is 4.74 Å². The van der Waals surface area contributed by atoms with Crippen LogP contribution in [0.25, 0.3) is 0 Å². The zero-order valence-corrected chi connectivity index (χ0v) is 6.16. The molecule has 0 spiro atoms. The number of rotatable bonds is 2. The van der Waals surface area contributed by atoms with Crippen LogP contribution in [0.3, 0.4) is 0 Å². The van der Waals surface area contributed by atoms with Gasteiger partial charge in [-0.25, -0.2) is 0 Å². The Morgan fingerprint density at radius 2 is 2.64 bits per heavy atom. The summed E-state index contributed by atoms with van der Waals surface area (Å²) in [7, 11) is 0. The van der Waals surface area contributed by atoms with Crippen LogP contribution in [0.1, 0.15) is 12.2 Å². The summed E-state index contributed by atoms with van der Waals surface area (Å²) in [5, 5.41) is 13.7. The van der Waals surface area contributed by atoms with Gasteiger partial charge in [-0.1, -0.05) is 5.21 Å². The molecule has 0 aromatic carbocycles. The fourth-order valence-corrected chi connectivity index (χ4v) is 1.27. The van der Waals surface area contributed by atoms with E-state index in [0.29, 0.717) is 5.92 Å². The van der Waals surface area contributed by atoms with E-state index in [9.17, 15) is 0 Å².